The monoisotopic (exact) mass is 274 g/mol. The standard InChI is InChI=1S/C14H14N2O2S/c17-13(16-6-14(18,7-16)10-2-3-10)9-1-4-11-12(5-9)19-8-15-11/h1,4-5,8,10,18H,2-3,6-7H2. The minimum absolute atomic E-state index is 0.0145. The largest absolute Gasteiger partial charge is 0.386 e. The Morgan fingerprint density at radius 3 is 2.95 bits per heavy atom. The van der Waals surface area contributed by atoms with Crippen molar-refractivity contribution in [2.24, 2.45) is 5.92 Å². The van der Waals surface area contributed by atoms with Crippen molar-refractivity contribution in [3.63, 3.8) is 0 Å². The molecule has 1 N–H and O–H groups in total. The lowest BCUT2D eigenvalue weighted by Crippen LogP contribution is -2.64. The van der Waals surface area contributed by atoms with Gasteiger partial charge in [0.2, 0.25) is 0 Å². The average Bonchev–Trinajstić information content (AvgIpc) is 3.12. The molecule has 5 heteroatoms. The molecule has 2 aliphatic rings. The first kappa shape index (κ1) is 11.4. The van der Waals surface area contributed by atoms with Gasteiger partial charge in [-0.3, -0.25) is 4.79 Å². The Bertz CT molecular complexity index is 656. The van der Waals surface area contributed by atoms with Crippen molar-refractivity contribution in [3.05, 3.63) is 29.3 Å². The minimum atomic E-state index is -0.607. The smallest absolute Gasteiger partial charge is 0.254 e. The highest BCUT2D eigenvalue weighted by molar-refractivity contribution is 7.16. The van der Waals surface area contributed by atoms with Crippen LogP contribution in [-0.4, -0.2) is 39.6 Å². The van der Waals surface area contributed by atoms with Gasteiger partial charge >= 0.3 is 0 Å². The third-order valence-corrected chi connectivity index (χ3v) is 4.92. The number of thiazole rings is 1. The van der Waals surface area contributed by atoms with Crippen LogP contribution in [0.1, 0.15) is 23.2 Å². The van der Waals surface area contributed by atoms with E-state index >= 15 is 0 Å². The summed E-state index contributed by atoms with van der Waals surface area (Å²) in [7, 11) is 0. The number of aromatic nitrogens is 1. The third-order valence-electron chi connectivity index (χ3n) is 4.13. The summed E-state index contributed by atoms with van der Waals surface area (Å²) >= 11 is 1.54. The van der Waals surface area contributed by atoms with E-state index in [2.05, 4.69) is 4.98 Å². The number of amides is 1. The van der Waals surface area contributed by atoms with Crippen molar-refractivity contribution < 1.29 is 9.90 Å². The van der Waals surface area contributed by atoms with Gasteiger partial charge in [-0.2, -0.15) is 0 Å². The summed E-state index contributed by atoms with van der Waals surface area (Å²) in [6.07, 6.45) is 2.21. The molecular weight excluding hydrogens is 260 g/mol. The number of fused-ring (bicyclic) bond motifs is 1. The van der Waals surface area contributed by atoms with Crippen LogP contribution in [0.4, 0.5) is 0 Å². The van der Waals surface area contributed by atoms with Gasteiger partial charge in [-0.05, 0) is 37.0 Å². The van der Waals surface area contributed by atoms with Gasteiger partial charge in [0, 0.05) is 5.56 Å². The average molecular weight is 274 g/mol. The van der Waals surface area contributed by atoms with Crippen molar-refractivity contribution in [3.8, 4) is 0 Å². The van der Waals surface area contributed by atoms with E-state index in [-0.39, 0.29) is 5.91 Å². The summed E-state index contributed by atoms with van der Waals surface area (Å²) in [5, 5.41) is 10.3. The Balaban J connectivity index is 1.54. The number of carbonyl (C=O) groups excluding carboxylic acids is 1. The fourth-order valence-corrected chi connectivity index (χ4v) is 3.52. The molecule has 4 rings (SSSR count). The fourth-order valence-electron chi connectivity index (χ4n) is 2.81. The Kier molecular flexibility index (Phi) is 2.26. The number of nitrogens with zero attached hydrogens (tertiary/aromatic N) is 2. The van der Waals surface area contributed by atoms with Crippen LogP contribution in [0, 0.1) is 5.92 Å². The maximum absolute atomic E-state index is 12.3. The first-order chi connectivity index (χ1) is 9.16. The molecule has 0 spiro atoms. The summed E-state index contributed by atoms with van der Waals surface area (Å²) in [4.78, 5) is 18.3. The zero-order valence-corrected chi connectivity index (χ0v) is 11.2. The second-order valence-electron chi connectivity index (χ2n) is 5.57. The van der Waals surface area contributed by atoms with Crippen LogP contribution in [-0.2, 0) is 0 Å². The summed E-state index contributed by atoms with van der Waals surface area (Å²) in [6, 6.07) is 5.59. The van der Waals surface area contributed by atoms with Gasteiger partial charge in [-0.15, -0.1) is 11.3 Å². The lowest BCUT2D eigenvalue weighted by molar-refractivity contribution is -0.0958. The van der Waals surface area contributed by atoms with Crippen molar-refractivity contribution in [1.82, 2.24) is 9.88 Å². The molecule has 2 heterocycles. The van der Waals surface area contributed by atoms with Crippen LogP contribution in [0.15, 0.2) is 23.7 Å². The Morgan fingerprint density at radius 1 is 1.42 bits per heavy atom. The van der Waals surface area contributed by atoms with Crippen molar-refractivity contribution >= 4 is 27.5 Å². The van der Waals surface area contributed by atoms with Gasteiger partial charge < -0.3 is 10.0 Å². The summed E-state index contributed by atoms with van der Waals surface area (Å²) in [6.45, 7) is 0.967. The molecule has 1 aromatic heterocycles. The normalized spacial score (nSPS) is 21.4. The van der Waals surface area contributed by atoms with Gasteiger partial charge in [-0.1, -0.05) is 0 Å². The molecule has 1 saturated carbocycles. The summed E-state index contributed by atoms with van der Waals surface area (Å²) in [5.41, 5.74) is 2.80. The van der Waals surface area contributed by atoms with Crippen LogP contribution >= 0.6 is 11.3 Å². The topological polar surface area (TPSA) is 53.4 Å². The van der Waals surface area contributed by atoms with E-state index in [4.69, 9.17) is 0 Å². The summed E-state index contributed by atoms with van der Waals surface area (Å²) < 4.78 is 1.03. The maximum Gasteiger partial charge on any atom is 0.254 e. The first-order valence-electron chi connectivity index (χ1n) is 6.51. The van der Waals surface area contributed by atoms with Gasteiger partial charge in [-0.25, -0.2) is 4.98 Å². The van der Waals surface area contributed by atoms with E-state index in [1.165, 1.54) is 11.3 Å². The molecule has 1 aromatic carbocycles. The predicted molar refractivity (Wildman–Crippen MR) is 73.2 cm³/mol. The zero-order chi connectivity index (χ0) is 13.0. The molecule has 1 aliphatic heterocycles. The minimum Gasteiger partial charge on any atom is -0.386 e. The number of hydrogen-bond donors (Lipinski definition) is 1. The van der Waals surface area contributed by atoms with Crippen molar-refractivity contribution in [1.29, 1.82) is 0 Å². The lowest BCUT2D eigenvalue weighted by Gasteiger charge is -2.47. The van der Waals surface area contributed by atoms with Crippen LogP contribution in [0.3, 0.4) is 0 Å². The zero-order valence-electron chi connectivity index (χ0n) is 10.4. The van der Waals surface area contributed by atoms with E-state index < -0.39 is 5.60 Å². The molecule has 19 heavy (non-hydrogen) atoms. The summed E-state index contributed by atoms with van der Waals surface area (Å²) in [5.74, 6) is 0.432. The molecule has 1 aliphatic carbocycles. The molecular formula is C14H14N2O2S. The van der Waals surface area contributed by atoms with Crippen LogP contribution in [0.25, 0.3) is 10.2 Å². The highest BCUT2D eigenvalue weighted by Gasteiger charge is 2.53. The van der Waals surface area contributed by atoms with Gasteiger partial charge in [0.25, 0.3) is 5.91 Å². The van der Waals surface area contributed by atoms with E-state index in [9.17, 15) is 9.90 Å². The molecule has 1 amide bonds. The number of hydrogen-bond acceptors (Lipinski definition) is 4. The first-order valence-corrected chi connectivity index (χ1v) is 7.39. The van der Waals surface area contributed by atoms with Crippen molar-refractivity contribution in [2.45, 2.75) is 18.4 Å². The Hall–Kier alpha value is -1.46. The lowest BCUT2D eigenvalue weighted by atomic mass is 9.88. The van der Waals surface area contributed by atoms with E-state index in [0.717, 1.165) is 23.1 Å². The van der Waals surface area contributed by atoms with Crippen molar-refractivity contribution in [2.75, 3.05) is 13.1 Å². The van der Waals surface area contributed by atoms with Gasteiger partial charge in [0.1, 0.15) is 5.60 Å². The molecule has 4 nitrogen and oxygen atoms in total. The second-order valence-corrected chi connectivity index (χ2v) is 6.46. The molecule has 2 fully saturated rings. The molecule has 2 aromatic rings. The Labute approximate surface area is 114 Å². The van der Waals surface area contributed by atoms with Gasteiger partial charge in [0.15, 0.2) is 0 Å². The maximum atomic E-state index is 12.3. The number of β-amino-alcohol motifs (C(OH)–C–C–N with tert-alkyl or cyclic N) is 1. The predicted octanol–water partition coefficient (Wildman–Crippen LogP) is 1.89. The molecule has 0 bridgehead atoms. The highest BCUT2D eigenvalue weighted by atomic mass is 32.1. The number of rotatable bonds is 2. The van der Waals surface area contributed by atoms with Crippen LogP contribution in [0.5, 0.6) is 0 Å². The van der Waals surface area contributed by atoms with E-state index in [0.29, 0.717) is 24.6 Å². The number of benzene rings is 1. The van der Waals surface area contributed by atoms with Crippen LogP contribution in [0.2, 0.25) is 0 Å². The molecule has 98 valence electrons. The van der Waals surface area contributed by atoms with Gasteiger partial charge in [0.05, 0.1) is 28.8 Å². The molecule has 0 atom stereocenters. The number of likely N-dealkylation sites (tertiary alicyclic amines) is 1. The highest BCUT2D eigenvalue weighted by Crippen LogP contribution is 2.44. The molecule has 0 unspecified atom stereocenters. The molecule has 1 saturated heterocycles. The number of carbonyl (C=O) groups is 1. The SMILES string of the molecule is O=C(c1ccc2ncsc2c1)N1CC(O)(C2CC2)C1. The quantitative estimate of drug-likeness (QED) is 0.910. The van der Waals surface area contributed by atoms with E-state index in [1.54, 1.807) is 10.4 Å². The number of aliphatic hydroxyl groups is 1. The molecule has 0 radical (unpaired) electrons. The van der Waals surface area contributed by atoms with E-state index in [1.807, 2.05) is 18.2 Å². The fraction of sp³-hybridized carbons (Fsp3) is 0.429. The third kappa shape index (κ3) is 1.76. The second kappa shape index (κ2) is 3.77. The van der Waals surface area contributed by atoms with Crippen LogP contribution < -0.4 is 0 Å². The Morgan fingerprint density at radius 2 is 2.21 bits per heavy atom.